The Hall–Kier alpha value is -1.03. The van der Waals surface area contributed by atoms with Crippen LogP contribution in [0.2, 0.25) is 0 Å². The van der Waals surface area contributed by atoms with Gasteiger partial charge in [0.1, 0.15) is 0 Å². The van der Waals surface area contributed by atoms with Crippen LogP contribution in [0, 0.1) is 5.92 Å². The van der Waals surface area contributed by atoms with Gasteiger partial charge in [-0.2, -0.15) is 12.7 Å². The van der Waals surface area contributed by atoms with Crippen LogP contribution in [0.1, 0.15) is 12.8 Å². The molecule has 2 rings (SSSR count). The molecule has 0 saturated carbocycles. The van der Waals surface area contributed by atoms with Crippen molar-refractivity contribution in [2.24, 2.45) is 5.92 Å². The summed E-state index contributed by atoms with van der Waals surface area (Å²) in [6, 6.07) is 0. The summed E-state index contributed by atoms with van der Waals surface area (Å²) in [6.07, 6.45) is 5.27. The van der Waals surface area contributed by atoms with Crippen molar-refractivity contribution >= 4 is 10.2 Å². The fourth-order valence-electron chi connectivity index (χ4n) is 2.43. The molecule has 2 N–H and O–H groups in total. The molecule has 1 fully saturated rings. The topological polar surface area (TPSA) is 92.2 Å². The molecule has 1 atom stereocenters. The second-order valence-electron chi connectivity index (χ2n) is 4.99. The van der Waals surface area contributed by atoms with E-state index >= 15 is 0 Å². The summed E-state index contributed by atoms with van der Waals surface area (Å²) in [5.74, 6) is 0.389. The summed E-state index contributed by atoms with van der Waals surface area (Å²) >= 11 is 0. The Bertz CT molecular complexity index is 487. The summed E-state index contributed by atoms with van der Waals surface area (Å²) in [4.78, 5) is 0. The lowest BCUT2D eigenvalue weighted by Gasteiger charge is -2.31. The fourth-order valence-corrected chi connectivity index (χ4v) is 3.74. The Balaban J connectivity index is 1.82. The van der Waals surface area contributed by atoms with Crippen LogP contribution < -0.4 is 10.0 Å². The first kappa shape index (κ1) is 15.4. The lowest BCUT2D eigenvalue weighted by Crippen LogP contribution is -2.48. The van der Waals surface area contributed by atoms with E-state index in [-0.39, 0.29) is 0 Å². The van der Waals surface area contributed by atoms with Gasteiger partial charge in [0.05, 0.1) is 12.7 Å². The maximum Gasteiger partial charge on any atom is 0.279 e. The van der Waals surface area contributed by atoms with E-state index in [1.165, 1.54) is 0 Å². The lowest BCUT2D eigenvalue weighted by atomic mass is 10.00. The van der Waals surface area contributed by atoms with Gasteiger partial charge in [0.25, 0.3) is 10.2 Å². The number of piperidine rings is 1. The molecule has 1 aliphatic heterocycles. The van der Waals surface area contributed by atoms with Crippen molar-refractivity contribution in [2.75, 3.05) is 33.2 Å². The molecule has 20 heavy (non-hydrogen) atoms. The van der Waals surface area contributed by atoms with Gasteiger partial charge in [0, 0.05) is 25.8 Å². The van der Waals surface area contributed by atoms with Gasteiger partial charge < -0.3 is 5.32 Å². The third-order valence-electron chi connectivity index (χ3n) is 3.41. The predicted octanol–water partition coefficient (Wildman–Crippen LogP) is -0.956. The highest BCUT2D eigenvalue weighted by Gasteiger charge is 2.28. The smallest absolute Gasteiger partial charge is 0.279 e. The molecule has 0 aromatic carbocycles. The van der Waals surface area contributed by atoms with E-state index in [0.717, 1.165) is 19.4 Å². The molecule has 0 amide bonds. The highest BCUT2D eigenvalue weighted by molar-refractivity contribution is 7.87. The number of rotatable bonds is 7. The van der Waals surface area contributed by atoms with Crippen molar-refractivity contribution in [3.63, 3.8) is 0 Å². The van der Waals surface area contributed by atoms with E-state index in [9.17, 15) is 8.42 Å². The Kier molecular flexibility index (Phi) is 5.46. The minimum Gasteiger partial charge on any atom is -0.319 e. The van der Waals surface area contributed by atoms with Gasteiger partial charge in [-0.3, -0.25) is 4.68 Å². The summed E-state index contributed by atoms with van der Waals surface area (Å²) in [6.45, 7) is 2.83. The molecule has 9 heteroatoms. The number of hydrogen-bond donors (Lipinski definition) is 2. The van der Waals surface area contributed by atoms with Crippen LogP contribution in [0.15, 0.2) is 12.4 Å². The van der Waals surface area contributed by atoms with Crippen LogP contribution in [-0.2, 0) is 16.8 Å². The highest BCUT2D eigenvalue weighted by atomic mass is 32.2. The largest absolute Gasteiger partial charge is 0.319 e. The molecule has 1 aromatic rings. The average molecular weight is 302 g/mol. The highest BCUT2D eigenvalue weighted by Crippen LogP contribution is 2.17. The van der Waals surface area contributed by atoms with Gasteiger partial charge in [0.2, 0.25) is 0 Å². The van der Waals surface area contributed by atoms with Crippen molar-refractivity contribution in [1.29, 1.82) is 0 Å². The summed E-state index contributed by atoms with van der Waals surface area (Å²) in [5, 5.41) is 10.6. The monoisotopic (exact) mass is 302 g/mol. The third kappa shape index (κ3) is 4.23. The zero-order valence-electron chi connectivity index (χ0n) is 11.7. The zero-order valence-corrected chi connectivity index (χ0v) is 12.5. The molecule has 0 spiro atoms. The minimum absolute atomic E-state index is 0.318. The second-order valence-corrected chi connectivity index (χ2v) is 6.74. The minimum atomic E-state index is -3.39. The SMILES string of the molecule is CNCC1CCCN(S(=O)(=O)NCCn2ccnn2)C1. The maximum atomic E-state index is 12.2. The van der Waals surface area contributed by atoms with E-state index in [1.807, 2.05) is 7.05 Å². The fraction of sp³-hybridized carbons (Fsp3) is 0.818. The molecular weight excluding hydrogens is 280 g/mol. The quantitative estimate of drug-likeness (QED) is 0.677. The van der Waals surface area contributed by atoms with Gasteiger partial charge in [-0.05, 0) is 32.4 Å². The summed E-state index contributed by atoms with van der Waals surface area (Å²) in [7, 11) is -1.50. The molecule has 1 unspecified atom stereocenters. The lowest BCUT2D eigenvalue weighted by molar-refractivity contribution is 0.260. The van der Waals surface area contributed by atoms with E-state index in [0.29, 0.717) is 32.1 Å². The van der Waals surface area contributed by atoms with Crippen LogP contribution in [0.3, 0.4) is 0 Å². The Labute approximate surface area is 119 Å². The normalized spacial score (nSPS) is 21.1. The average Bonchev–Trinajstić information content (AvgIpc) is 2.92. The number of nitrogens with zero attached hydrogens (tertiary/aromatic N) is 4. The van der Waals surface area contributed by atoms with E-state index < -0.39 is 10.2 Å². The second kappa shape index (κ2) is 7.11. The molecule has 114 valence electrons. The van der Waals surface area contributed by atoms with Crippen LogP contribution in [0.25, 0.3) is 0 Å². The zero-order chi connectivity index (χ0) is 14.4. The molecule has 1 saturated heterocycles. The van der Waals surface area contributed by atoms with Crippen molar-refractivity contribution < 1.29 is 8.42 Å². The first-order valence-corrected chi connectivity index (χ1v) is 8.29. The van der Waals surface area contributed by atoms with Crippen molar-refractivity contribution in [2.45, 2.75) is 19.4 Å². The third-order valence-corrected chi connectivity index (χ3v) is 4.99. The molecule has 1 aliphatic rings. The number of aromatic nitrogens is 3. The summed E-state index contributed by atoms with van der Waals surface area (Å²) in [5.41, 5.74) is 0. The molecule has 0 bridgehead atoms. The van der Waals surface area contributed by atoms with Gasteiger partial charge in [-0.1, -0.05) is 5.21 Å². The van der Waals surface area contributed by atoms with Crippen LogP contribution in [0.4, 0.5) is 0 Å². The molecule has 1 aromatic heterocycles. The summed E-state index contributed by atoms with van der Waals surface area (Å²) < 4.78 is 30.2. The van der Waals surface area contributed by atoms with E-state index in [1.54, 1.807) is 21.4 Å². The predicted molar refractivity (Wildman–Crippen MR) is 75.2 cm³/mol. The van der Waals surface area contributed by atoms with E-state index in [4.69, 9.17) is 0 Å². The van der Waals surface area contributed by atoms with Crippen LogP contribution >= 0.6 is 0 Å². The van der Waals surface area contributed by atoms with Gasteiger partial charge in [0.15, 0.2) is 0 Å². The van der Waals surface area contributed by atoms with Gasteiger partial charge >= 0.3 is 0 Å². The standard InChI is InChI=1S/C11H22N6O2S/c1-12-9-11-3-2-6-17(10-11)20(18,19)14-5-8-16-7-4-13-15-16/h4,7,11-12,14H,2-3,5-6,8-10H2,1H3. The molecule has 0 aliphatic carbocycles. The Morgan fingerprint density at radius 2 is 2.30 bits per heavy atom. The van der Waals surface area contributed by atoms with Crippen molar-refractivity contribution in [3.05, 3.63) is 12.4 Å². The van der Waals surface area contributed by atoms with Crippen LogP contribution in [0.5, 0.6) is 0 Å². The number of hydrogen-bond acceptors (Lipinski definition) is 5. The molecule has 2 heterocycles. The molecule has 0 radical (unpaired) electrons. The number of nitrogens with one attached hydrogen (secondary N) is 2. The molecular formula is C11H22N6O2S. The van der Waals surface area contributed by atoms with Crippen molar-refractivity contribution in [3.8, 4) is 0 Å². The first-order chi connectivity index (χ1) is 9.62. The molecule has 8 nitrogen and oxygen atoms in total. The van der Waals surface area contributed by atoms with Gasteiger partial charge in [-0.15, -0.1) is 5.10 Å². The van der Waals surface area contributed by atoms with Gasteiger partial charge in [-0.25, -0.2) is 4.72 Å². The van der Waals surface area contributed by atoms with Crippen LogP contribution in [-0.4, -0.2) is 60.9 Å². The Morgan fingerprint density at radius 1 is 1.45 bits per heavy atom. The Morgan fingerprint density at radius 3 is 3.00 bits per heavy atom. The first-order valence-electron chi connectivity index (χ1n) is 6.85. The van der Waals surface area contributed by atoms with E-state index in [2.05, 4.69) is 20.4 Å². The van der Waals surface area contributed by atoms with Crippen molar-refractivity contribution in [1.82, 2.24) is 29.3 Å². The maximum absolute atomic E-state index is 12.2.